The van der Waals surface area contributed by atoms with Gasteiger partial charge in [0.15, 0.2) is 5.58 Å². The number of furan rings is 1. The van der Waals surface area contributed by atoms with E-state index < -0.39 is 7.12 Å². The molecule has 0 atom stereocenters. The van der Waals surface area contributed by atoms with Crippen LogP contribution in [0.15, 0.2) is 174 Å². The maximum atomic E-state index is 10.6. The summed E-state index contributed by atoms with van der Waals surface area (Å²) in [5.41, 5.74) is 13.7. The number of rotatable bonds is 6. The summed E-state index contributed by atoms with van der Waals surface area (Å²) in [7, 11) is -1.67. The van der Waals surface area contributed by atoms with Crippen LogP contribution in [0.25, 0.3) is 66.1 Å². The van der Waals surface area contributed by atoms with Crippen LogP contribution in [0.3, 0.4) is 0 Å². The molecule has 0 amide bonds. The molecule has 2 N–H and O–H groups in total. The number of fused-ring (bicyclic) bond motifs is 7. The fraction of sp³-hybridized carbons (Fsp3) is 0.0612. The normalized spacial score (nSPS) is 13.0. The lowest BCUT2D eigenvalue weighted by atomic mass is 9.76. The van der Waals surface area contributed by atoms with E-state index in [1.807, 2.05) is 54.6 Å². The van der Waals surface area contributed by atoms with Crippen molar-refractivity contribution < 1.29 is 14.5 Å². The summed E-state index contributed by atoms with van der Waals surface area (Å²) in [4.78, 5) is 2.31. The Balaban J connectivity index is 1.26. The molecule has 0 spiro atoms. The van der Waals surface area contributed by atoms with Gasteiger partial charge in [-0.3, -0.25) is 0 Å². The van der Waals surface area contributed by atoms with Gasteiger partial charge in [0.25, 0.3) is 0 Å². The number of anilines is 3. The molecule has 4 nitrogen and oxygen atoms in total. The summed E-state index contributed by atoms with van der Waals surface area (Å²) in [6.45, 7) is 4.60. The molecule has 1 aromatic heterocycles. The Bertz CT molecular complexity index is 2900. The summed E-state index contributed by atoms with van der Waals surface area (Å²) in [5.74, 6) is 0. The fourth-order valence-corrected chi connectivity index (χ4v) is 8.68. The van der Waals surface area contributed by atoms with Crippen molar-refractivity contribution in [1.29, 1.82) is 0 Å². The number of nitrogens with zero attached hydrogens (tertiary/aromatic N) is 1. The van der Waals surface area contributed by atoms with Crippen LogP contribution >= 0.6 is 0 Å². The van der Waals surface area contributed by atoms with E-state index in [4.69, 9.17) is 4.42 Å². The van der Waals surface area contributed by atoms with Gasteiger partial charge in [0.05, 0.1) is 11.4 Å². The maximum absolute atomic E-state index is 10.6. The Morgan fingerprint density at radius 3 is 2.00 bits per heavy atom. The summed E-state index contributed by atoms with van der Waals surface area (Å²) >= 11 is 0. The first-order valence-corrected chi connectivity index (χ1v) is 18.4. The Labute approximate surface area is 314 Å². The summed E-state index contributed by atoms with van der Waals surface area (Å²) < 4.78 is 6.99. The van der Waals surface area contributed by atoms with Gasteiger partial charge in [0, 0.05) is 32.8 Å². The molecule has 9 aromatic rings. The topological polar surface area (TPSA) is 56.8 Å². The van der Waals surface area contributed by atoms with Gasteiger partial charge in [-0.05, 0) is 80.1 Å². The van der Waals surface area contributed by atoms with Crippen LogP contribution in [0.2, 0.25) is 0 Å². The van der Waals surface area contributed by atoms with Crippen molar-refractivity contribution in [2.24, 2.45) is 0 Å². The van der Waals surface area contributed by atoms with E-state index in [1.165, 1.54) is 27.8 Å². The molecule has 1 aliphatic carbocycles. The van der Waals surface area contributed by atoms with Crippen LogP contribution < -0.4 is 10.4 Å². The highest BCUT2D eigenvalue weighted by Crippen LogP contribution is 2.52. The van der Waals surface area contributed by atoms with E-state index in [0.29, 0.717) is 22.0 Å². The molecule has 0 radical (unpaired) electrons. The molecule has 10 rings (SSSR count). The minimum absolute atomic E-state index is 0.128. The van der Waals surface area contributed by atoms with Gasteiger partial charge >= 0.3 is 7.12 Å². The largest absolute Gasteiger partial charge is 0.489 e. The van der Waals surface area contributed by atoms with Crippen molar-refractivity contribution in [3.63, 3.8) is 0 Å². The lowest BCUT2D eigenvalue weighted by molar-refractivity contribution is 0.426. The van der Waals surface area contributed by atoms with Crippen LogP contribution in [0.4, 0.5) is 17.1 Å². The molecule has 5 heteroatoms. The van der Waals surface area contributed by atoms with E-state index in [0.717, 1.165) is 49.9 Å². The molecule has 258 valence electrons. The van der Waals surface area contributed by atoms with Crippen molar-refractivity contribution in [2.75, 3.05) is 4.90 Å². The smallest absolute Gasteiger partial charge is 0.453 e. The van der Waals surface area contributed by atoms with Crippen molar-refractivity contribution in [1.82, 2.24) is 0 Å². The highest BCUT2D eigenvalue weighted by molar-refractivity contribution is 6.63. The number of hydrogen-bond donors (Lipinski definition) is 2. The highest BCUT2D eigenvalue weighted by Gasteiger charge is 2.36. The van der Waals surface area contributed by atoms with Crippen molar-refractivity contribution >= 4 is 62.4 Å². The zero-order valence-corrected chi connectivity index (χ0v) is 30.0. The van der Waals surface area contributed by atoms with Crippen LogP contribution in [-0.4, -0.2) is 17.2 Å². The Hall–Kier alpha value is -6.40. The molecule has 0 saturated heterocycles. The molecule has 0 bridgehead atoms. The number of hydrogen-bond acceptors (Lipinski definition) is 4. The Morgan fingerprint density at radius 1 is 0.500 bits per heavy atom. The van der Waals surface area contributed by atoms with Crippen molar-refractivity contribution in [3.8, 4) is 33.4 Å². The van der Waals surface area contributed by atoms with E-state index in [9.17, 15) is 10.0 Å². The number of benzene rings is 8. The minimum atomic E-state index is -1.67. The van der Waals surface area contributed by atoms with E-state index in [2.05, 4.69) is 128 Å². The standard InChI is InChI=1S/C49H36BNO3/c1-49(2)41-20-10-9-18-38(41)40-30-35(24-27-42(40)49)51(44-21-11-17-34-29-33(23-25-36(34)44)31-13-5-3-6-14-31)45-22-12-19-39-46-43(50(52)53)28-26-37(48(46)54-47(39)45)32-15-7-4-8-16-32/h3-30,52-53H,1-2H3. The van der Waals surface area contributed by atoms with Gasteiger partial charge in [-0.15, -0.1) is 0 Å². The molecule has 1 heterocycles. The van der Waals surface area contributed by atoms with Crippen molar-refractivity contribution in [2.45, 2.75) is 19.3 Å². The lowest BCUT2D eigenvalue weighted by Gasteiger charge is -2.28. The predicted molar refractivity (Wildman–Crippen MR) is 224 cm³/mol. The Kier molecular flexibility index (Phi) is 7.38. The molecular weight excluding hydrogens is 661 g/mol. The Morgan fingerprint density at radius 2 is 1.20 bits per heavy atom. The van der Waals surface area contributed by atoms with Gasteiger partial charge in [0.1, 0.15) is 5.58 Å². The van der Waals surface area contributed by atoms with Gasteiger partial charge < -0.3 is 19.4 Å². The lowest BCUT2D eigenvalue weighted by Crippen LogP contribution is -2.30. The van der Waals surface area contributed by atoms with Gasteiger partial charge in [-0.1, -0.05) is 153 Å². The SMILES string of the molecule is CC1(C)c2ccccc2-c2cc(N(c3cccc4cc(-c5ccccc5)ccc34)c3cccc4c3oc3c(-c5ccccc5)ccc(B(O)O)c34)ccc21. The summed E-state index contributed by atoms with van der Waals surface area (Å²) in [6.07, 6.45) is 0. The van der Waals surface area contributed by atoms with Gasteiger partial charge in [-0.2, -0.15) is 0 Å². The van der Waals surface area contributed by atoms with E-state index in [1.54, 1.807) is 6.07 Å². The van der Waals surface area contributed by atoms with E-state index >= 15 is 0 Å². The monoisotopic (exact) mass is 697 g/mol. The van der Waals surface area contributed by atoms with Crippen molar-refractivity contribution in [3.05, 3.63) is 181 Å². The average molecular weight is 698 g/mol. The first-order valence-electron chi connectivity index (χ1n) is 18.4. The zero-order chi connectivity index (χ0) is 36.6. The second-order valence-corrected chi connectivity index (χ2v) is 14.7. The third-order valence-corrected chi connectivity index (χ3v) is 11.3. The summed E-state index contributed by atoms with van der Waals surface area (Å²) in [6, 6.07) is 59.1. The molecule has 0 unspecified atom stereocenters. The van der Waals surface area contributed by atoms with Gasteiger partial charge in [0.2, 0.25) is 0 Å². The average Bonchev–Trinajstić information content (AvgIpc) is 3.71. The second kappa shape index (κ2) is 12.3. The quantitative estimate of drug-likeness (QED) is 0.170. The molecule has 0 fully saturated rings. The molecule has 54 heavy (non-hydrogen) atoms. The maximum Gasteiger partial charge on any atom is 0.489 e. The van der Waals surface area contributed by atoms with Gasteiger partial charge in [-0.25, -0.2) is 0 Å². The molecular formula is C49H36BNO3. The second-order valence-electron chi connectivity index (χ2n) is 14.7. The van der Waals surface area contributed by atoms with Crippen LogP contribution in [0, 0.1) is 0 Å². The molecule has 0 aliphatic heterocycles. The van der Waals surface area contributed by atoms with Crippen LogP contribution in [-0.2, 0) is 5.41 Å². The first-order chi connectivity index (χ1) is 26.4. The first kappa shape index (κ1) is 32.3. The predicted octanol–water partition coefficient (Wildman–Crippen LogP) is 11.5. The van der Waals surface area contributed by atoms with Crippen LogP contribution in [0.5, 0.6) is 0 Å². The molecule has 8 aromatic carbocycles. The number of para-hydroxylation sites is 1. The fourth-order valence-electron chi connectivity index (χ4n) is 8.68. The van der Waals surface area contributed by atoms with Crippen LogP contribution in [0.1, 0.15) is 25.0 Å². The summed E-state index contributed by atoms with van der Waals surface area (Å²) in [5, 5.41) is 25.0. The third kappa shape index (κ3) is 4.93. The minimum Gasteiger partial charge on any atom is -0.453 e. The third-order valence-electron chi connectivity index (χ3n) is 11.3. The molecule has 1 aliphatic rings. The highest BCUT2D eigenvalue weighted by atomic mass is 16.4. The van der Waals surface area contributed by atoms with E-state index in [-0.39, 0.29) is 5.41 Å². The zero-order valence-electron chi connectivity index (χ0n) is 30.0. The molecule has 0 saturated carbocycles.